The van der Waals surface area contributed by atoms with Crippen molar-refractivity contribution >= 4 is 5.97 Å². The van der Waals surface area contributed by atoms with Gasteiger partial charge in [0.05, 0.1) is 24.7 Å². The lowest BCUT2D eigenvalue weighted by Crippen LogP contribution is -2.44. The molecule has 2 N–H and O–H groups in total. The number of carbonyl (C=O) groups excluding carboxylic acids is 1. The van der Waals surface area contributed by atoms with Gasteiger partial charge in [0.1, 0.15) is 0 Å². The fourth-order valence-electron chi connectivity index (χ4n) is 5.63. The first kappa shape index (κ1) is 24.4. The number of carbonyl (C=O) groups is 1. The van der Waals surface area contributed by atoms with E-state index in [1.54, 1.807) is 12.5 Å². The van der Waals surface area contributed by atoms with E-state index in [4.69, 9.17) is 4.74 Å². The van der Waals surface area contributed by atoms with Gasteiger partial charge >= 0.3 is 5.97 Å². The van der Waals surface area contributed by atoms with Crippen LogP contribution in [0.15, 0.2) is 11.6 Å². The summed E-state index contributed by atoms with van der Waals surface area (Å²) in [6.07, 6.45) is 9.21. The Labute approximate surface area is 178 Å². The zero-order valence-electron chi connectivity index (χ0n) is 19.8. The molecule has 0 spiro atoms. The maximum atomic E-state index is 11.6. The molecular formula is C25H44O4. The molecule has 6 atom stereocenters. The molecule has 29 heavy (non-hydrogen) atoms. The fraction of sp³-hybridized carbons (Fsp3) is 0.880. The molecule has 0 aliphatic heterocycles. The van der Waals surface area contributed by atoms with E-state index in [1.807, 2.05) is 6.92 Å². The van der Waals surface area contributed by atoms with Crippen LogP contribution in [0, 0.1) is 28.6 Å². The summed E-state index contributed by atoms with van der Waals surface area (Å²) in [6.45, 7) is 13.2. The van der Waals surface area contributed by atoms with Crippen molar-refractivity contribution < 1.29 is 19.7 Å². The number of esters is 1. The van der Waals surface area contributed by atoms with E-state index in [0.717, 1.165) is 12.8 Å². The molecule has 168 valence electrons. The number of ether oxygens (including phenoxy) is 1. The van der Waals surface area contributed by atoms with E-state index in [2.05, 4.69) is 33.8 Å². The lowest BCUT2D eigenvalue weighted by Gasteiger charge is -2.53. The highest BCUT2D eigenvalue weighted by Crippen LogP contribution is 2.58. The lowest BCUT2D eigenvalue weighted by atomic mass is 9.52. The molecule has 0 heterocycles. The number of methoxy groups -OCH3 is 1. The second kappa shape index (κ2) is 9.09. The van der Waals surface area contributed by atoms with Gasteiger partial charge in [-0.15, -0.1) is 0 Å². The van der Waals surface area contributed by atoms with Crippen LogP contribution in [0.1, 0.15) is 92.9 Å². The predicted octanol–water partition coefficient (Wildman–Crippen LogP) is 5.27. The molecule has 4 heteroatoms. The Kier molecular flexibility index (Phi) is 7.65. The molecule has 0 aromatic carbocycles. The highest BCUT2D eigenvalue weighted by molar-refractivity contribution is 5.72. The van der Waals surface area contributed by atoms with E-state index < -0.39 is 23.6 Å². The molecule has 4 nitrogen and oxygen atoms in total. The van der Waals surface area contributed by atoms with Crippen molar-refractivity contribution in [3.63, 3.8) is 0 Å². The maximum Gasteiger partial charge on any atom is 0.311 e. The second-order valence-electron chi connectivity index (χ2n) is 11.0. The monoisotopic (exact) mass is 408 g/mol. The van der Waals surface area contributed by atoms with Crippen molar-refractivity contribution in [2.45, 2.75) is 105 Å². The smallest absolute Gasteiger partial charge is 0.311 e. The number of hydrogen-bond donors (Lipinski definition) is 2. The molecule has 0 aromatic rings. The summed E-state index contributed by atoms with van der Waals surface area (Å²) >= 11 is 0. The Morgan fingerprint density at radius 1 is 1.31 bits per heavy atom. The summed E-state index contributed by atoms with van der Waals surface area (Å²) in [5.74, 6) is 0.297. The quantitative estimate of drug-likeness (QED) is 0.424. The van der Waals surface area contributed by atoms with Crippen LogP contribution in [0.5, 0.6) is 0 Å². The van der Waals surface area contributed by atoms with E-state index >= 15 is 0 Å². The fourth-order valence-corrected chi connectivity index (χ4v) is 5.63. The number of rotatable bonds is 8. The molecule has 0 bridgehead atoms. The van der Waals surface area contributed by atoms with Crippen molar-refractivity contribution in [1.29, 1.82) is 0 Å². The summed E-state index contributed by atoms with van der Waals surface area (Å²) in [7, 11) is 1.34. The molecule has 0 radical (unpaired) electrons. The van der Waals surface area contributed by atoms with E-state index in [0.29, 0.717) is 36.5 Å². The second-order valence-corrected chi connectivity index (χ2v) is 11.0. The average molecular weight is 409 g/mol. The minimum absolute atomic E-state index is 0.128. The molecule has 1 fully saturated rings. The third-order valence-corrected chi connectivity index (χ3v) is 8.42. The van der Waals surface area contributed by atoms with Crippen molar-refractivity contribution in [2.75, 3.05) is 7.11 Å². The number of fused-ring (bicyclic) bond motifs is 1. The molecule has 2 aliphatic rings. The van der Waals surface area contributed by atoms with Crippen LogP contribution in [0.2, 0.25) is 0 Å². The molecule has 0 aromatic heterocycles. The summed E-state index contributed by atoms with van der Waals surface area (Å²) < 4.78 is 4.72. The maximum absolute atomic E-state index is 11.6. The van der Waals surface area contributed by atoms with E-state index in [1.165, 1.54) is 26.4 Å². The zero-order valence-corrected chi connectivity index (χ0v) is 19.8. The van der Waals surface area contributed by atoms with Crippen molar-refractivity contribution in [3.05, 3.63) is 11.6 Å². The summed E-state index contributed by atoms with van der Waals surface area (Å²) in [6, 6.07) is 0. The third-order valence-electron chi connectivity index (χ3n) is 8.42. The summed E-state index contributed by atoms with van der Waals surface area (Å²) in [5, 5.41) is 21.3. The van der Waals surface area contributed by atoms with Crippen molar-refractivity contribution in [1.82, 2.24) is 0 Å². The van der Waals surface area contributed by atoms with Gasteiger partial charge in [0.25, 0.3) is 0 Å². The first-order valence-corrected chi connectivity index (χ1v) is 11.5. The molecule has 0 saturated heterocycles. The van der Waals surface area contributed by atoms with E-state index in [-0.39, 0.29) is 5.41 Å². The average Bonchev–Trinajstić information content (AvgIpc) is 2.66. The molecule has 0 unspecified atom stereocenters. The normalized spacial score (nSPS) is 33.1. The lowest BCUT2D eigenvalue weighted by molar-refractivity contribution is -0.149. The standard InChI is InChI=1S/C25H44O4/c1-17-10-11-19-20(9-8-13-23(19,3)4)25(17,6)16-15-24(5,28)14-12-21(26)18(2)22(27)29-7/h9,17-19,21,26,28H,8,10-16H2,1-7H3/t17-,18-,19-,21+,24+,25-/m1/s1. The minimum Gasteiger partial charge on any atom is -0.469 e. The number of hydrogen-bond acceptors (Lipinski definition) is 4. The van der Waals surface area contributed by atoms with Crippen LogP contribution < -0.4 is 0 Å². The SMILES string of the molecule is COC(=O)[C@H](C)[C@@H](O)CC[C@](C)(O)CC[C@@]1(C)C2=CCCC(C)(C)[C@@H]2CC[C@H]1C. The van der Waals surface area contributed by atoms with E-state index in [9.17, 15) is 15.0 Å². The minimum atomic E-state index is -0.850. The third kappa shape index (κ3) is 5.44. The van der Waals surface area contributed by atoms with Crippen molar-refractivity contribution in [2.24, 2.45) is 28.6 Å². The van der Waals surface area contributed by atoms with Crippen LogP contribution in [0.3, 0.4) is 0 Å². The van der Waals surface area contributed by atoms with Crippen LogP contribution in [-0.2, 0) is 9.53 Å². The van der Waals surface area contributed by atoms with Crippen LogP contribution in [-0.4, -0.2) is 35.0 Å². The Morgan fingerprint density at radius 3 is 2.59 bits per heavy atom. The zero-order chi connectivity index (χ0) is 22.0. The first-order chi connectivity index (χ1) is 13.3. The predicted molar refractivity (Wildman–Crippen MR) is 117 cm³/mol. The van der Waals surface area contributed by atoms with Gasteiger partial charge in [0.15, 0.2) is 0 Å². The summed E-state index contributed by atoms with van der Waals surface area (Å²) in [4.78, 5) is 11.6. The topological polar surface area (TPSA) is 66.8 Å². The van der Waals surface area contributed by atoms with Gasteiger partial charge in [-0.1, -0.05) is 39.3 Å². The largest absolute Gasteiger partial charge is 0.469 e. The van der Waals surface area contributed by atoms with Crippen molar-refractivity contribution in [3.8, 4) is 0 Å². The number of aliphatic hydroxyl groups is 2. The molecule has 0 amide bonds. The summed E-state index contributed by atoms with van der Waals surface area (Å²) in [5.41, 5.74) is 1.27. The van der Waals surface area contributed by atoms with Crippen LogP contribution in [0.25, 0.3) is 0 Å². The van der Waals surface area contributed by atoms with Crippen LogP contribution >= 0.6 is 0 Å². The van der Waals surface area contributed by atoms with Gasteiger partial charge in [-0.25, -0.2) is 0 Å². The van der Waals surface area contributed by atoms with Gasteiger partial charge in [0.2, 0.25) is 0 Å². The Hall–Kier alpha value is -0.870. The number of aliphatic hydroxyl groups excluding tert-OH is 1. The number of allylic oxidation sites excluding steroid dienone is 2. The van der Waals surface area contributed by atoms with Crippen LogP contribution in [0.4, 0.5) is 0 Å². The molecule has 1 saturated carbocycles. The molecule has 2 rings (SSSR count). The first-order valence-electron chi connectivity index (χ1n) is 11.5. The van der Waals surface area contributed by atoms with Gasteiger partial charge in [-0.2, -0.15) is 0 Å². The molecular weight excluding hydrogens is 364 g/mol. The van der Waals surface area contributed by atoms with Gasteiger partial charge in [-0.05, 0) is 87.9 Å². The van der Waals surface area contributed by atoms with Gasteiger partial charge in [0, 0.05) is 0 Å². The Bertz CT molecular complexity index is 606. The Balaban J connectivity index is 2.02. The van der Waals surface area contributed by atoms with Gasteiger partial charge < -0.3 is 14.9 Å². The van der Waals surface area contributed by atoms with Gasteiger partial charge in [-0.3, -0.25) is 4.79 Å². The highest BCUT2D eigenvalue weighted by atomic mass is 16.5. The molecule has 2 aliphatic carbocycles. The highest BCUT2D eigenvalue weighted by Gasteiger charge is 2.48. The Morgan fingerprint density at radius 2 is 1.97 bits per heavy atom.